The number of rotatable bonds is 5. The summed E-state index contributed by atoms with van der Waals surface area (Å²) in [5.41, 5.74) is 1.20. The van der Waals surface area contributed by atoms with E-state index in [1.54, 1.807) is 0 Å². The van der Waals surface area contributed by atoms with E-state index < -0.39 is 0 Å². The molecule has 1 aromatic heterocycles. The Hall–Kier alpha value is -1.09. The van der Waals surface area contributed by atoms with Crippen LogP contribution in [0.3, 0.4) is 0 Å². The Morgan fingerprint density at radius 3 is 3.08 bits per heavy atom. The maximum Gasteiger partial charge on any atom is 0.0591 e. The third-order valence-electron chi connectivity index (χ3n) is 1.80. The van der Waals surface area contributed by atoms with Crippen molar-refractivity contribution in [3.63, 3.8) is 0 Å². The Kier molecular flexibility index (Phi) is 3.71. The van der Waals surface area contributed by atoms with Crippen molar-refractivity contribution in [2.75, 3.05) is 0 Å². The van der Waals surface area contributed by atoms with Crippen LogP contribution in [0, 0.1) is 0 Å². The summed E-state index contributed by atoms with van der Waals surface area (Å²) in [5, 5.41) is 7.54. The number of allylic oxidation sites excluding steroid dienone is 1. The van der Waals surface area contributed by atoms with E-state index in [9.17, 15) is 0 Å². The van der Waals surface area contributed by atoms with Crippen molar-refractivity contribution in [3.8, 4) is 0 Å². The first-order valence-corrected chi connectivity index (χ1v) is 4.59. The van der Waals surface area contributed by atoms with Crippen molar-refractivity contribution in [1.29, 1.82) is 0 Å². The highest BCUT2D eigenvalue weighted by molar-refractivity contribution is 5.01. The van der Waals surface area contributed by atoms with Gasteiger partial charge in [0.2, 0.25) is 0 Å². The SMILES string of the molecule is C=CCn1nccc1CNC(C)C. The summed E-state index contributed by atoms with van der Waals surface area (Å²) in [6.45, 7) is 9.60. The molecule has 1 aromatic rings. The summed E-state index contributed by atoms with van der Waals surface area (Å²) in [4.78, 5) is 0. The van der Waals surface area contributed by atoms with Crippen LogP contribution in [0.1, 0.15) is 19.5 Å². The van der Waals surface area contributed by atoms with Crippen LogP contribution in [-0.4, -0.2) is 15.8 Å². The van der Waals surface area contributed by atoms with Gasteiger partial charge in [0.25, 0.3) is 0 Å². The van der Waals surface area contributed by atoms with Gasteiger partial charge >= 0.3 is 0 Å². The molecule has 0 aliphatic carbocycles. The molecule has 0 saturated carbocycles. The molecule has 72 valence electrons. The molecule has 1 heterocycles. The van der Waals surface area contributed by atoms with Crippen molar-refractivity contribution in [3.05, 3.63) is 30.6 Å². The first-order valence-electron chi connectivity index (χ1n) is 4.59. The second kappa shape index (κ2) is 4.82. The van der Waals surface area contributed by atoms with Crippen molar-refractivity contribution in [1.82, 2.24) is 15.1 Å². The average molecular weight is 179 g/mol. The van der Waals surface area contributed by atoms with Crippen molar-refractivity contribution in [2.45, 2.75) is 33.0 Å². The van der Waals surface area contributed by atoms with Crippen LogP contribution in [0.25, 0.3) is 0 Å². The van der Waals surface area contributed by atoms with Crippen molar-refractivity contribution < 1.29 is 0 Å². The number of hydrogen-bond acceptors (Lipinski definition) is 2. The van der Waals surface area contributed by atoms with E-state index in [4.69, 9.17) is 0 Å². The van der Waals surface area contributed by atoms with Gasteiger partial charge in [-0.05, 0) is 6.07 Å². The second-order valence-corrected chi connectivity index (χ2v) is 3.33. The minimum Gasteiger partial charge on any atom is -0.309 e. The predicted octanol–water partition coefficient (Wildman–Crippen LogP) is 1.57. The minimum atomic E-state index is 0.507. The van der Waals surface area contributed by atoms with Crippen LogP contribution >= 0.6 is 0 Å². The molecule has 1 N–H and O–H groups in total. The lowest BCUT2D eigenvalue weighted by Gasteiger charge is -2.09. The standard InChI is InChI=1S/C10H17N3/c1-4-7-13-10(5-6-12-13)8-11-9(2)3/h4-6,9,11H,1,7-8H2,2-3H3. The lowest BCUT2D eigenvalue weighted by molar-refractivity contribution is 0.550. The molecule has 0 radical (unpaired) electrons. The highest BCUT2D eigenvalue weighted by atomic mass is 15.3. The molecule has 0 aliphatic heterocycles. The number of nitrogens with zero attached hydrogens (tertiary/aromatic N) is 2. The zero-order valence-corrected chi connectivity index (χ0v) is 8.33. The third kappa shape index (κ3) is 3.03. The predicted molar refractivity (Wildman–Crippen MR) is 54.4 cm³/mol. The molecule has 0 atom stereocenters. The maximum absolute atomic E-state index is 4.19. The number of nitrogens with one attached hydrogen (secondary N) is 1. The van der Waals surface area contributed by atoms with Crippen molar-refractivity contribution in [2.24, 2.45) is 0 Å². The van der Waals surface area contributed by atoms with Gasteiger partial charge in [-0.2, -0.15) is 5.10 Å². The van der Waals surface area contributed by atoms with Gasteiger partial charge in [0.1, 0.15) is 0 Å². The fourth-order valence-electron chi connectivity index (χ4n) is 1.11. The fraction of sp³-hybridized carbons (Fsp3) is 0.500. The Morgan fingerprint density at radius 1 is 1.69 bits per heavy atom. The van der Waals surface area contributed by atoms with E-state index in [-0.39, 0.29) is 0 Å². The van der Waals surface area contributed by atoms with E-state index in [2.05, 4.69) is 30.8 Å². The van der Waals surface area contributed by atoms with Gasteiger partial charge in [-0.25, -0.2) is 0 Å². The van der Waals surface area contributed by atoms with Gasteiger partial charge in [0, 0.05) is 18.8 Å². The van der Waals surface area contributed by atoms with Gasteiger partial charge in [-0.15, -0.1) is 6.58 Å². The fourth-order valence-corrected chi connectivity index (χ4v) is 1.11. The molecular formula is C10H17N3. The van der Waals surface area contributed by atoms with Crippen LogP contribution in [0.2, 0.25) is 0 Å². The Balaban J connectivity index is 2.54. The Labute approximate surface area is 79.5 Å². The van der Waals surface area contributed by atoms with Gasteiger partial charge in [0.05, 0.1) is 12.2 Å². The summed E-state index contributed by atoms with van der Waals surface area (Å²) in [5.74, 6) is 0. The Morgan fingerprint density at radius 2 is 2.46 bits per heavy atom. The summed E-state index contributed by atoms with van der Waals surface area (Å²) in [6.07, 6.45) is 3.67. The number of aromatic nitrogens is 2. The summed E-state index contributed by atoms with van der Waals surface area (Å²) < 4.78 is 1.95. The molecule has 13 heavy (non-hydrogen) atoms. The van der Waals surface area contributed by atoms with E-state index in [1.807, 2.05) is 23.0 Å². The Bertz CT molecular complexity index is 263. The highest BCUT2D eigenvalue weighted by Gasteiger charge is 2.00. The first-order chi connectivity index (χ1) is 6.24. The molecule has 3 heteroatoms. The zero-order valence-electron chi connectivity index (χ0n) is 8.33. The van der Waals surface area contributed by atoms with Crippen LogP contribution in [0.5, 0.6) is 0 Å². The second-order valence-electron chi connectivity index (χ2n) is 3.33. The van der Waals surface area contributed by atoms with Crippen molar-refractivity contribution >= 4 is 0 Å². The molecule has 0 bridgehead atoms. The molecular weight excluding hydrogens is 162 g/mol. The summed E-state index contributed by atoms with van der Waals surface area (Å²) in [6, 6.07) is 2.53. The molecule has 0 aromatic carbocycles. The smallest absolute Gasteiger partial charge is 0.0591 e. The lowest BCUT2D eigenvalue weighted by atomic mass is 10.3. The van der Waals surface area contributed by atoms with E-state index in [0.717, 1.165) is 13.1 Å². The molecule has 0 aliphatic rings. The zero-order chi connectivity index (χ0) is 9.68. The lowest BCUT2D eigenvalue weighted by Crippen LogP contribution is -2.23. The molecule has 3 nitrogen and oxygen atoms in total. The quantitative estimate of drug-likeness (QED) is 0.695. The normalized spacial score (nSPS) is 10.7. The first kappa shape index (κ1) is 9.99. The largest absolute Gasteiger partial charge is 0.309 e. The number of hydrogen-bond donors (Lipinski definition) is 1. The minimum absolute atomic E-state index is 0.507. The molecule has 0 fully saturated rings. The maximum atomic E-state index is 4.19. The average Bonchev–Trinajstić information content (AvgIpc) is 2.49. The van der Waals surface area contributed by atoms with Gasteiger partial charge in [0.15, 0.2) is 0 Å². The van der Waals surface area contributed by atoms with Crippen LogP contribution in [-0.2, 0) is 13.1 Å². The monoisotopic (exact) mass is 179 g/mol. The van der Waals surface area contributed by atoms with Gasteiger partial charge in [-0.1, -0.05) is 19.9 Å². The topological polar surface area (TPSA) is 29.9 Å². The molecule has 0 unspecified atom stereocenters. The van der Waals surface area contributed by atoms with E-state index >= 15 is 0 Å². The molecule has 0 amide bonds. The summed E-state index contributed by atoms with van der Waals surface area (Å²) in [7, 11) is 0. The highest BCUT2D eigenvalue weighted by Crippen LogP contribution is 1.98. The molecule has 1 rings (SSSR count). The molecule has 0 saturated heterocycles. The third-order valence-corrected chi connectivity index (χ3v) is 1.80. The van der Waals surface area contributed by atoms with E-state index in [0.29, 0.717) is 6.04 Å². The summed E-state index contributed by atoms with van der Waals surface area (Å²) >= 11 is 0. The van der Waals surface area contributed by atoms with Gasteiger partial charge < -0.3 is 5.32 Å². The van der Waals surface area contributed by atoms with Crippen LogP contribution < -0.4 is 5.32 Å². The van der Waals surface area contributed by atoms with Crippen LogP contribution in [0.4, 0.5) is 0 Å². The van der Waals surface area contributed by atoms with Crippen LogP contribution in [0.15, 0.2) is 24.9 Å². The van der Waals surface area contributed by atoms with Gasteiger partial charge in [-0.3, -0.25) is 4.68 Å². The van der Waals surface area contributed by atoms with E-state index in [1.165, 1.54) is 5.69 Å². The molecule has 0 spiro atoms.